The van der Waals surface area contributed by atoms with Gasteiger partial charge in [0.1, 0.15) is 12.1 Å². The third-order valence-corrected chi connectivity index (χ3v) is 3.12. The van der Waals surface area contributed by atoms with Crippen molar-refractivity contribution in [3.63, 3.8) is 0 Å². The van der Waals surface area contributed by atoms with Crippen LogP contribution >= 0.6 is 0 Å². The average molecular weight is 262 g/mol. The zero-order valence-electron chi connectivity index (χ0n) is 11.2. The lowest BCUT2D eigenvalue weighted by atomic mass is 10.1. The first-order valence-corrected chi connectivity index (χ1v) is 6.39. The van der Waals surface area contributed by atoms with Crippen LogP contribution < -0.4 is 4.74 Å². The first-order chi connectivity index (χ1) is 9.86. The van der Waals surface area contributed by atoms with Gasteiger partial charge >= 0.3 is 0 Å². The van der Waals surface area contributed by atoms with E-state index in [4.69, 9.17) is 4.74 Å². The molecule has 0 bridgehead atoms. The van der Waals surface area contributed by atoms with E-state index in [-0.39, 0.29) is 0 Å². The Morgan fingerprint density at radius 3 is 1.95 bits per heavy atom. The molecule has 0 unspecified atom stereocenters. The van der Waals surface area contributed by atoms with E-state index in [2.05, 4.69) is 9.97 Å². The van der Waals surface area contributed by atoms with E-state index in [0.717, 1.165) is 28.3 Å². The van der Waals surface area contributed by atoms with Crippen molar-refractivity contribution in [2.45, 2.75) is 0 Å². The third kappa shape index (κ3) is 2.52. The van der Waals surface area contributed by atoms with E-state index >= 15 is 0 Å². The maximum Gasteiger partial charge on any atom is 0.118 e. The number of rotatable bonds is 3. The minimum absolute atomic E-state index is 0.839. The Labute approximate surface area is 117 Å². The fourth-order valence-electron chi connectivity index (χ4n) is 2.04. The molecule has 20 heavy (non-hydrogen) atoms. The highest BCUT2D eigenvalue weighted by Gasteiger charge is 2.04. The highest BCUT2D eigenvalue weighted by molar-refractivity contribution is 5.67. The summed E-state index contributed by atoms with van der Waals surface area (Å²) in [6, 6.07) is 19.9. The van der Waals surface area contributed by atoms with Gasteiger partial charge in [-0.1, -0.05) is 30.3 Å². The Kier molecular flexibility index (Phi) is 3.42. The van der Waals surface area contributed by atoms with Crippen molar-refractivity contribution >= 4 is 0 Å². The molecule has 0 radical (unpaired) electrons. The number of methoxy groups -OCH3 is 1. The quantitative estimate of drug-likeness (QED) is 0.719. The Hall–Kier alpha value is -2.68. The number of hydrogen-bond acceptors (Lipinski definition) is 3. The zero-order valence-corrected chi connectivity index (χ0v) is 11.2. The monoisotopic (exact) mass is 262 g/mol. The summed E-state index contributed by atoms with van der Waals surface area (Å²) in [6.45, 7) is 0. The summed E-state index contributed by atoms with van der Waals surface area (Å²) in [5.41, 5.74) is 3.96. The molecule has 98 valence electrons. The first-order valence-electron chi connectivity index (χ1n) is 6.39. The molecule has 1 aromatic heterocycles. The lowest BCUT2D eigenvalue weighted by Crippen LogP contribution is -1.89. The first kappa shape index (κ1) is 12.4. The number of ether oxygens (including phenoxy) is 1. The maximum absolute atomic E-state index is 5.17. The Balaban J connectivity index is 1.98. The van der Waals surface area contributed by atoms with Gasteiger partial charge in [0, 0.05) is 11.1 Å². The highest BCUT2D eigenvalue weighted by atomic mass is 16.5. The molecule has 0 atom stereocenters. The molecule has 0 saturated heterocycles. The van der Waals surface area contributed by atoms with Crippen LogP contribution in [0.25, 0.3) is 22.5 Å². The van der Waals surface area contributed by atoms with Gasteiger partial charge in [-0.25, -0.2) is 9.97 Å². The topological polar surface area (TPSA) is 35.0 Å². The van der Waals surface area contributed by atoms with Crippen LogP contribution in [0.2, 0.25) is 0 Å². The molecule has 0 aliphatic heterocycles. The van der Waals surface area contributed by atoms with Crippen LogP contribution in [0.15, 0.2) is 67.0 Å². The summed E-state index contributed by atoms with van der Waals surface area (Å²) in [5, 5.41) is 0. The summed E-state index contributed by atoms with van der Waals surface area (Å²) < 4.78 is 5.17. The molecule has 3 aromatic rings. The fraction of sp³-hybridized carbons (Fsp3) is 0.0588. The second-order valence-corrected chi connectivity index (χ2v) is 4.38. The van der Waals surface area contributed by atoms with E-state index in [9.17, 15) is 0 Å². The summed E-state index contributed by atoms with van der Waals surface area (Å²) in [6.07, 6.45) is 1.60. The molecule has 0 N–H and O–H groups in total. The molecular weight excluding hydrogens is 248 g/mol. The van der Waals surface area contributed by atoms with Gasteiger partial charge in [0.25, 0.3) is 0 Å². The molecule has 2 aromatic carbocycles. The number of hydrogen-bond donors (Lipinski definition) is 0. The van der Waals surface area contributed by atoms with Gasteiger partial charge < -0.3 is 4.74 Å². The van der Waals surface area contributed by atoms with E-state index < -0.39 is 0 Å². The van der Waals surface area contributed by atoms with Gasteiger partial charge in [-0.15, -0.1) is 0 Å². The lowest BCUT2D eigenvalue weighted by Gasteiger charge is -2.05. The van der Waals surface area contributed by atoms with Gasteiger partial charge in [0.2, 0.25) is 0 Å². The lowest BCUT2D eigenvalue weighted by molar-refractivity contribution is 0.415. The van der Waals surface area contributed by atoms with Crippen LogP contribution in [0, 0.1) is 0 Å². The van der Waals surface area contributed by atoms with Crippen LogP contribution in [-0.4, -0.2) is 17.1 Å². The van der Waals surface area contributed by atoms with Crippen molar-refractivity contribution in [1.29, 1.82) is 0 Å². The molecule has 0 aliphatic carbocycles. The second kappa shape index (κ2) is 5.53. The Morgan fingerprint density at radius 1 is 0.750 bits per heavy atom. The van der Waals surface area contributed by atoms with Crippen molar-refractivity contribution in [2.75, 3.05) is 7.11 Å². The molecule has 0 saturated carbocycles. The Morgan fingerprint density at radius 2 is 1.35 bits per heavy atom. The molecular formula is C17H14N2O. The minimum Gasteiger partial charge on any atom is -0.497 e. The second-order valence-electron chi connectivity index (χ2n) is 4.38. The molecule has 3 nitrogen and oxygen atoms in total. The van der Waals surface area contributed by atoms with Crippen molar-refractivity contribution in [3.05, 3.63) is 67.0 Å². The van der Waals surface area contributed by atoms with Crippen LogP contribution in [0.3, 0.4) is 0 Å². The summed E-state index contributed by atoms with van der Waals surface area (Å²) in [4.78, 5) is 8.67. The summed E-state index contributed by atoms with van der Waals surface area (Å²) >= 11 is 0. The van der Waals surface area contributed by atoms with E-state index in [0.29, 0.717) is 0 Å². The van der Waals surface area contributed by atoms with Gasteiger partial charge in [0.05, 0.1) is 18.5 Å². The SMILES string of the molecule is COc1ccc(-c2cc(-c3ccccc3)ncn2)cc1. The normalized spacial score (nSPS) is 10.2. The third-order valence-electron chi connectivity index (χ3n) is 3.12. The summed E-state index contributed by atoms with van der Waals surface area (Å²) in [5.74, 6) is 0.839. The molecule has 0 fully saturated rings. The van der Waals surface area contributed by atoms with E-state index in [1.165, 1.54) is 0 Å². The van der Waals surface area contributed by atoms with Crippen LogP contribution in [0.4, 0.5) is 0 Å². The van der Waals surface area contributed by atoms with Crippen molar-refractivity contribution in [2.24, 2.45) is 0 Å². The molecule has 3 heteroatoms. The van der Waals surface area contributed by atoms with E-state index in [1.54, 1.807) is 13.4 Å². The van der Waals surface area contributed by atoms with Crippen LogP contribution in [-0.2, 0) is 0 Å². The van der Waals surface area contributed by atoms with Gasteiger partial charge in [0.15, 0.2) is 0 Å². The minimum atomic E-state index is 0.839. The van der Waals surface area contributed by atoms with Crippen molar-refractivity contribution in [3.8, 4) is 28.3 Å². The number of nitrogens with zero attached hydrogens (tertiary/aromatic N) is 2. The Bertz CT molecular complexity index is 694. The number of aromatic nitrogens is 2. The van der Waals surface area contributed by atoms with Gasteiger partial charge in [-0.3, -0.25) is 0 Å². The van der Waals surface area contributed by atoms with E-state index in [1.807, 2.05) is 60.7 Å². The molecule has 0 aliphatic rings. The van der Waals surface area contributed by atoms with Gasteiger partial charge in [-0.05, 0) is 30.3 Å². The predicted molar refractivity (Wildman–Crippen MR) is 79.5 cm³/mol. The van der Waals surface area contributed by atoms with Crippen molar-refractivity contribution in [1.82, 2.24) is 9.97 Å². The number of benzene rings is 2. The summed E-state index contributed by atoms with van der Waals surface area (Å²) in [7, 11) is 1.66. The maximum atomic E-state index is 5.17. The molecule has 0 spiro atoms. The largest absolute Gasteiger partial charge is 0.497 e. The molecule has 3 rings (SSSR count). The molecule has 0 amide bonds. The van der Waals surface area contributed by atoms with Crippen LogP contribution in [0.1, 0.15) is 0 Å². The van der Waals surface area contributed by atoms with Gasteiger partial charge in [-0.2, -0.15) is 0 Å². The highest BCUT2D eigenvalue weighted by Crippen LogP contribution is 2.24. The predicted octanol–water partition coefficient (Wildman–Crippen LogP) is 3.82. The zero-order chi connectivity index (χ0) is 13.8. The smallest absolute Gasteiger partial charge is 0.118 e. The fourth-order valence-corrected chi connectivity index (χ4v) is 2.04. The standard InChI is InChI=1S/C17H14N2O/c1-20-15-9-7-14(8-10-15)17-11-16(18-12-19-17)13-5-3-2-4-6-13/h2-12H,1H3. The average Bonchev–Trinajstić information content (AvgIpc) is 2.56. The molecule has 1 heterocycles. The van der Waals surface area contributed by atoms with Crippen LogP contribution in [0.5, 0.6) is 5.75 Å². The van der Waals surface area contributed by atoms with Crippen molar-refractivity contribution < 1.29 is 4.74 Å².